The lowest BCUT2D eigenvalue weighted by molar-refractivity contribution is 0.0710. The second-order valence-corrected chi connectivity index (χ2v) is 10.5. The van der Waals surface area contributed by atoms with Crippen molar-refractivity contribution in [1.29, 1.82) is 0 Å². The van der Waals surface area contributed by atoms with Crippen LogP contribution in [0, 0.1) is 0 Å². The van der Waals surface area contributed by atoms with Gasteiger partial charge in [0.15, 0.2) is 5.78 Å². The maximum atomic E-state index is 13.2. The van der Waals surface area contributed by atoms with Gasteiger partial charge in [0.1, 0.15) is 12.5 Å². The number of hydrogen-bond acceptors (Lipinski definition) is 5. The molecule has 1 amide bonds. The summed E-state index contributed by atoms with van der Waals surface area (Å²) < 4.78 is 4.81. The number of imidazole rings is 1. The molecule has 1 aliphatic rings. The first-order valence-electron chi connectivity index (χ1n) is 12.7. The Labute approximate surface area is 223 Å². The number of fused-ring (bicyclic) bond motifs is 1. The van der Waals surface area contributed by atoms with Gasteiger partial charge in [-0.1, -0.05) is 65.9 Å². The number of likely N-dealkylation sites (tertiary alicyclic amines) is 1. The third-order valence-corrected chi connectivity index (χ3v) is 8.15. The van der Waals surface area contributed by atoms with Gasteiger partial charge in [-0.05, 0) is 37.1 Å². The Hall–Kier alpha value is -4.30. The van der Waals surface area contributed by atoms with E-state index in [0.29, 0.717) is 36.4 Å². The minimum absolute atomic E-state index is 0.0164. The van der Waals surface area contributed by atoms with Crippen LogP contribution in [0.5, 0.6) is 0 Å². The van der Waals surface area contributed by atoms with Crippen molar-refractivity contribution in [3.8, 4) is 0 Å². The summed E-state index contributed by atoms with van der Waals surface area (Å²) in [7, 11) is 0. The topological polar surface area (TPSA) is 77.2 Å². The average Bonchev–Trinajstić information content (AvgIpc) is 3.57. The van der Waals surface area contributed by atoms with Crippen LogP contribution in [0.4, 0.5) is 0 Å². The maximum Gasteiger partial charge on any atom is 0.309 e. The van der Waals surface area contributed by atoms with Gasteiger partial charge in [0.25, 0.3) is 5.91 Å². The highest BCUT2D eigenvalue weighted by atomic mass is 32.1. The fourth-order valence-corrected chi connectivity index (χ4v) is 6.03. The van der Waals surface area contributed by atoms with Crippen LogP contribution in [0.1, 0.15) is 50.9 Å². The Bertz CT molecular complexity index is 1660. The molecule has 1 aliphatic heterocycles. The Morgan fingerprint density at radius 3 is 2.26 bits per heavy atom. The Morgan fingerprint density at radius 1 is 0.842 bits per heavy atom. The molecule has 0 aliphatic carbocycles. The summed E-state index contributed by atoms with van der Waals surface area (Å²) >= 11 is 1.26. The predicted molar refractivity (Wildman–Crippen MR) is 148 cm³/mol. The number of para-hydroxylation sites is 1. The van der Waals surface area contributed by atoms with Gasteiger partial charge in [0.05, 0.1) is 10.2 Å². The lowest BCUT2D eigenvalue weighted by atomic mass is 9.95. The molecule has 0 unspecified atom stereocenters. The highest BCUT2D eigenvalue weighted by Gasteiger charge is 2.27. The molecule has 1 fully saturated rings. The molecule has 5 aromatic rings. The summed E-state index contributed by atoms with van der Waals surface area (Å²) in [6, 6.07) is 23.9. The molecular weight excluding hydrogens is 496 g/mol. The summed E-state index contributed by atoms with van der Waals surface area (Å²) in [5.41, 5.74) is 2.71. The van der Waals surface area contributed by atoms with Crippen molar-refractivity contribution in [3.63, 3.8) is 0 Å². The van der Waals surface area contributed by atoms with Crippen LogP contribution < -0.4 is 4.87 Å². The van der Waals surface area contributed by atoms with E-state index in [1.54, 1.807) is 47.2 Å². The second-order valence-electron chi connectivity index (χ2n) is 9.50. The second kappa shape index (κ2) is 10.2. The molecule has 1 saturated heterocycles. The van der Waals surface area contributed by atoms with E-state index in [1.165, 1.54) is 11.3 Å². The Balaban J connectivity index is 1.11. The van der Waals surface area contributed by atoms with E-state index < -0.39 is 0 Å². The molecule has 6 rings (SSSR count). The van der Waals surface area contributed by atoms with E-state index in [4.69, 9.17) is 0 Å². The molecule has 0 radical (unpaired) electrons. The third kappa shape index (κ3) is 4.59. The predicted octanol–water partition coefficient (Wildman–Crippen LogP) is 5.02. The lowest BCUT2D eigenvalue weighted by Gasteiger charge is -2.32. The first-order valence-corrected chi connectivity index (χ1v) is 13.5. The van der Waals surface area contributed by atoms with Crippen LogP contribution in [-0.2, 0) is 6.67 Å². The Morgan fingerprint density at radius 2 is 1.50 bits per heavy atom. The molecule has 0 N–H and O–H groups in total. The van der Waals surface area contributed by atoms with E-state index >= 15 is 0 Å². The lowest BCUT2D eigenvalue weighted by Crippen LogP contribution is -2.38. The molecule has 38 heavy (non-hydrogen) atoms. The number of nitrogens with zero attached hydrogens (tertiary/aromatic N) is 4. The van der Waals surface area contributed by atoms with Crippen LogP contribution in [0.15, 0.2) is 96.1 Å². The van der Waals surface area contributed by atoms with Gasteiger partial charge in [0, 0.05) is 48.1 Å². The minimum atomic E-state index is -0.0568. The number of carbonyl (C=O) groups excluding carboxylic acids is 2. The molecule has 3 aromatic carbocycles. The van der Waals surface area contributed by atoms with Gasteiger partial charge in [-0.25, -0.2) is 4.98 Å². The zero-order valence-corrected chi connectivity index (χ0v) is 21.5. The van der Waals surface area contributed by atoms with Crippen LogP contribution in [0.25, 0.3) is 10.2 Å². The zero-order valence-electron chi connectivity index (χ0n) is 20.7. The molecule has 0 spiro atoms. The van der Waals surface area contributed by atoms with E-state index in [2.05, 4.69) is 4.98 Å². The summed E-state index contributed by atoms with van der Waals surface area (Å²) in [6.45, 7) is 1.68. The van der Waals surface area contributed by atoms with Crippen molar-refractivity contribution in [2.24, 2.45) is 0 Å². The van der Waals surface area contributed by atoms with Crippen molar-refractivity contribution in [2.45, 2.75) is 25.4 Å². The molecule has 3 heterocycles. The zero-order chi connectivity index (χ0) is 26.1. The van der Waals surface area contributed by atoms with Crippen molar-refractivity contribution in [1.82, 2.24) is 19.0 Å². The van der Waals surface area contributed by atoms with Crippen LogP contribution in [0.3, 0.4) is 0 Å². The smallest absolute Gasteiger partial charge is 0.309 e. The van der Waals surface area contributed by atoms with Crippen LogP contribution >= 0.6 is 11.3 Å². The van der Waals surface area contributed by atoms with Crippen LogP contribution in [0.2, 0.25) is 0 Å². The number of rotatable bonds is 6. The fraction of sp³-hybridized carbons (Fsp3) is 0.200. The SMILES string of the molecule is O=C(c1ccccc1)c1ccc(C(=O)N2CCC(c3nccn3Cn3c(=O)sc4ccccc43)CC2)cc1. The number of hydrogen-bond donors (Lipinski definition) is 0. The van der Waals surface area contributed by atoms with Gasteiger partial charge >= 0.3 is 4.87 Å². The average molecular weight is 523 g/mol. The Kier molecular flexibility index (Phi) is 6.47. The number of carbonyl (C=O) groups is 2. The molecule has 0 atom stereocenters. The van der Waals surface area contributed by atoms with Crippen molar-refractivity contribution in [2.75, 3.05) is 13.1 Å². The summed E-state index contributed by atoms with van der Waals surface area (Å²) in [6.07, 6.45) is 5.30. The van der Waals surface area contributed by atoms with E-state index in [0.717, 1.165) is 28.9 Å². The molecule has 190 valence electrons. The van der Waals surface area contributed by atoms with Crippen LogP contribution in [-0.4, -0.2) is 43.8 Å². The van der Waals surface area contributed by atoms with Gasteiger partial charge < -0.3 is 9.47 Å². The molecule has 0 bridgehead atoms. The molecule has 0 saturated carbocycles. The van der Waals surface area contributed by atoms with E-state index in [1.807, 2.05) is 58.1 Å². The van der Waals surface area contributed by atoms with E-state index in [-0.39, 0.29) is 22.5 Å². The molecule has 7 nitrogen and oxygen atoms in total. The molecule has 2 aromatic heterocycles. The summed E-state index contributed by atoms with van der Waals surface area (Å²) in [5.74, 6) is 1.07. The quantitative estimate of drug-likeness (QED) is 0.294. The minimum Gasteiger partial charge on any atom is -0.339 e. The summed E-state index contributed by atoms with van der Waals surface area (Å²) in [5, 5.41) is 0. The monoisotopic (exact) mass is 522 g/mol. The van der Waals surface area contributed by atoms with Crippen molar-refractivity contribution in [3.05, 3.63) is 123 Å². The van der Waals surface area contributed by atoms with Gasteiger partial charge in [-0.15, -0.1) is 0 Å². The van der Waals surface area contributed by atoms with Gasteiger partial charge in [0.2, 0.25) is 0 Å². The molecule has 8 heteroatoms. The standard InChI is InChI=1S/C30H26N4O3S/c35-27(21-6-2-1-3-7-21)22-10-12-24(13-11-22)29(36)32-17-14-23(15-18-32)28-31-16-19-33(28)20-34-25-8-4-5-9-26(25)38-30(34)37/h1-13,16,19,23H,14-15,17-18,20H2. The number of amides is 1. The first kappa shape index (κ1) is 24.1. The largest absolute Gasteiger partial charge is 0.339 e. The number of piperidine rings is 1. The number of benzene rings is 3. The van der Waals surface area contributed by atoms with Gasteiger partial charge in [-0.2, -0.15) is 0 Å². The number of ketones is 1. The van der Waals surface area contributed by atoms with Crippen molar-refractivity contribution < 1.29 is 9.59 Å². The normalized spacial score (nSPS) is 14.2. The third-order valence-electron chi connectivity index (χ3n) is 7.19. The highest BCUT2D eigenvalue weighted by molar-refractivity contribution is 7.16. The van der Waals surface area contributed by atoms with Crippen molar-refractivity contribution >= 4 is 33.2 Å². The van der Waals surface area contributed by atoms with Gasteiger partial charge in [-0.3, -0.25) is 19.0 Å². The number of aromatic nitrogens is 3. The highest BCUT2D eigenvalue weighted by Crippen LogP contribution is 2.28. The number of thiazole rings is 1. The fourth-order valence-electron chi connectivity index (χ4n) is 5.14. The first-order chi connectivity index (χ1) is 18.6. The summed E-state index contributed by atoms with van der Waals surface area (Å²) in [4.78, 5) is 45.0. The molecular formula is C30H26N4O3S. The maximum absolute atomic E-state index is 13.2. The van der Waals surface area contributed by atoms with E-state index in [9.17, 15) is 14.4 Å².